The number of carbonyl (C=O) groups excluding carboxylic acids is 1. The van der Waals surface area contributed by atoms with Crippen molar-refractivity contribution in [1.82, 2.24) is 4.98 Å². The first-order chi connectivity index (χ1) is 10.1. The molecule has 0 bridgehead atoms. The second-order valence-electron chi connectivity index (χ2n) is 5.04. The third-order valence-electron chi connectivity index (χ3n) is 3.36. The predicted octanol–water partition coefficient (Wildman–Crippen LogP) is 4.24. The smallest absolute Gasteiger partial charge is 0.267 e. The third-order valence-corrected chi connectivity index (χ3v) is 4.97. The Kier molecular flexibility index (Phi) is 3.87. The SMILES string of the molecule is COc1ccc(NC(=O)c2sc(C3CC3)nc2C)cc1Cl. The quantitative estimate of drug-likeness (QED) is 0.915. The number of nitrogens with zero attached hydrogens (tertiary/aromatic N) is 1. The van der Waals surface area contributed by atoms with Crippen LogP contribution in [0.2, 0.25) is 5.02 Å². The highest BCUT2D eigenvalue weighted by atomic mass is 35.5. The summed E-state index contributed by atoms with van der Waals surface area (Å²) < 4.78 is 5.09. The summed E-state index contributed by atoms with van der Waals surface area (Å²) in [6.45, 7) is 1.87. The Balaban J connectivity index is 1.78. The molecule has 1 aromatic heterocycles. The van der Waals surface area contributed by atoms with Crippen molar-refractivity contribution in [1.29, 1.82) is 0 Å². The number of ether oxygens (including phenoxy) is 1. The molecule has 1 heterocycles. The van der Waals surface area contributed by atoms with Crippen molar-refractivity contribution >= 4 is 34.5 Å². The number of hydrogen-bond acceptors (Lipinski definition) is 4. The number of carbonyl (C=O) groups is 1. The number of amides is 1. The van der Waals surface area contributed by atoms with Gasteiger partial charge in [-0.3, -0.25) is 4.79 Å². The molecule has 1 amide bonds. The van der Waals surface area contributed by atoms with Crippen LogP contribution in [-0.4, -0.2) is 18.0 Å². The van der Waals surface area contributed by atoms with Crippen molar-refractivity contribution in [3.63, 3.8) is 0 Å². The minimum atomic E-state index is -0.141. The zero-order valence-electron chi connectivity index (χ0n) is 11.8. The van der Waals surface area contributed by atoms with Crippen LogP contribution in [-0.2, 0) is 0 Å². The Morgan fingerprint density at radius 3 is 2.86 bits per heavy atom. The Bertz CT molecular complexity index is 695. The Morgan fingerprint density at radius 1 is 1.48 bits per heavy atom. The van der Waals surface area contributed by atoms with Crippen LogP contribution in [0.5, 0.6) is 5.75 Å². The van der Waals surface area contributed by atoms with E-state index in [4.69, 9.17) is 16.3 Å². The number of methoxy groups -OCH3 is 1. The van der Waals surface area contributed by atoms with Crippen LogP contribution in [0, 0.1) is 6.92 Å². The van der Waals surface area contributed by atoms with Crippen molar-refractivity contribution in [2.75, 3.05) is 12.4 Å². The van der Waals surface area contributed by atoms with E-state index in [1.807, 2.05) is 6.92 Å². The number of rotatable bonds is 4. The summed E-state index contributed by atoms with van der Waals surface area (Å²) in [6.07, 6.45) is 2.37. The number of halogens is 1. The van der Waals surface area contributed by atoms with Crippen molar-refractivity contribution in [2.24, 2.45) is 0 Å². The standard InChI is InChI=1S/C15H15ClN2O2S/c1-8-13(21-15(17-8)9-3-4-9)14(19)18-10-5-6-12(20-2)11(16)7-10/h5-7,9H,3-4H2,1-2H3,(H,18,19). The lowest BCUT2D eigenvalue weighted by Crippen LogP contribution is -2.11. The van der Waals surface area contributed by atoms with E-state index in [0.29, 0.717) is 27.3 Å². The van der Waals surface area contributed by atoms with Gasteiger partial charge in [0.15, 0.2) is 0 Å². The van der Waals surface area contributed by atoms with Gasteiger partial charge in [0.1, 0.15) is 10.6 Å². The maximum atomic E-state index is 12.3. The van der Waals surface area contributed by atoms with Gasteiger partial charge in [-0.15, -0.1) is 11.3 Å². The van der Waals surface area contributed by atoms with E-state index in [-0.39, 0.29) is 5.91 Å². The number of aromatic nitrogens is 1. The number of benzene rings is 1. The zero-order valence-corrected chi connectivity index (χ0v) is 13.3. The van der Waals surface area contributed by atoms with Crippen LogP contribution >= 0.6 is 22.9 Å². The first kappa shape index (κ1) is 14.4. The van der Waals surface area contributed by atoms with Gasteiger partial charge < -0.3 is 10.1 Å². The lowest BCUT2D eigenvalue weighted by molar-refractivity contribution is 0.103. The van der Waals surface area contributed by atoms with Crippen LogP contribution in [0.15, 0.2) is 18.2 Å². The third kappa shape index (κ3) is 3.04. The first-order valence-corrected chi connectivity index (χ1v) is 7.90. The Hall–Kier alpha value is -1.59. The number of nitrogens with one attached hydrogen (secondary N) is 1. The molecule has 21 heavy (non-hydrogen) atoms. The van der Waals surface area contributed by atoms with Crippen molar-refractivity contribution < 1.29 is 9.53 Å². The summed E-state index contributed by atoms with van der Waals surface area (Å²) in [5, 5.41) is 4.40. The largest absolute Gasteiger partial charge is 0.495 e. The summed E-state index contributed by atoms with van der Waals surface area (Å²) in [7, 11) is 1.56. The topological polar surface area (TPSA) is 51.2 Å². The van der Waals surface area contributed by atoms with Crippen LogP contribution < -0.4 is 10.1 Å². The lowest BCUT2D eigenvalue weighted by atomic mass is 10.3. The van der Waals surface area contributed by atoms with Gasteiger partial charge in [-0.05, 0) is 38.0 Å². The molecule has 1 aliphatic carbocycles. The van der Waals surface area contributed by atoms with E-state index in [2.05, 4.69) is 10.3 Å². The van der Waals surface area contributed by atoms with Crippen molar-refractivity contribution in [2.45, 2.75) is 25.7 Å². The number of aryl methyl sites for hydroxylation is 1. The molecule has 110 valence electrons. The van der Waals surface area contributed by atoms with E-state index in [0.717, 1.165) is 10.7 Å². The minimum Gasteiger partial charge on any atom is -0.495 e. The molecular formula is C15H15ClN2O2S. The molecule has 0 radical (unpaired) electrons. The van der Waals surface area contributed by atoms with Gasteiger partial charge in [0.2, 0.25) is 0 Å². The Labute approximate surface area is 132 Å². The van der Waals surface area contributed by atoms with Gasteiger partial charge in [-0.1, -0.05) is 11.6 Å². The van der Waals surface area contributed by atoms with Gasteiger partial charge in [0.05, 0.1) is 22.8 Å². The molecule has 1 fully saturated rings. The second-order valence-corrected chi connectivity index (χ2v) is 6.48. The number of thiazole rings is 1. The maximum Gasteiger partial charge on any atom is 0.267 e. The average molecular weight is 323 g/mol. The summed E-state index contributed by atoms with van der Waals surface area (Å²) in [6, 6.07) is 5.17. The molecule has 1 N–H and O–H groups in total. The van der Waals surface area contributed by atoms with Crippen LogP contribution in [0.1, 0.15) is 39.1 Å². The van der Waals surface area contributed by atoms with E-state index >= 15 is 0 Å². The van der Waals surface area contributed by atoms with E-state index in [1.165, 1.54) is 24.2 Å². The number of anilines is 1. The number of hydrogen-bond donors (Lipinski definition) is 1. The van der Waals surface area contributed by atoms with Gasteiger partial charge in [-0.2, -0.15) is 0 Å². The van der Waals surface area contributed by atoms with Gasteiger partial charge in [-0.25, -0.2) is 4.98 Å². The molecule has 0 spiro atoms. The van der Waals surface area contributed by atoms with Crippen LogP contribution in [0.25, 0.3) is 0 Å². The van der Waals surface area contributed by atoms with Crippen LogP contribution in [0.4, 0.5) is 5.69 Å². The lowest BCUT2D eigenvalue weighted by Gasteiger charge is -2.07. The molecule has 0 unspecified atom stereocenters. The Morgan fingerprint density at radius 2 is 2.24 bits per heavy atom. The average Bonchev–Trinajstić information content (AvgIpc) is 3.22. The second kappa shape index (κ2) is 5.66. The molecule has 2 aromatic rings. The summed E-state index contributed by atoms with van der Waals surface area (Å²) in [4.78, 5) is 17.5. The molecule has 1 aromatic carbocycles. The van der Waals surface area contributed by atoms with Gasteiger partial charge >= 0.3 is 0 Å². The fraction of sp³-hybridized carbons (Fsp3) is 0.333. The van der Waals surface area contributed by atoms with E-state index in [9.17, 15) is 4.79 Å². The highest BCUT2D eigenvalue weighted by Gasteiger charge is 2.29. The van der Waals surface area contributed by atoms with E-state index < -0.39 is 0 Å². The fourth-order valence-electron chi connectivity index (χ4n) is 2.06. The maximum absolute atomic E-state index is 12.3. The van der Waals surface area contributed by atoms with Crippen molar-refractivity contribution in [3.05, 3.63) is 38.8 Å². The fourth-order valence-corrected chi connectivity index (χ4v) is 3.45. The van der Waals surface area contributed by atoms with Crippen LogP contribution in [0.3, 0.4) is 0 Å². The molecular weight excluding hydrogens is 308 g/mol. The van der Waals surface area contributed by atoms with E-state index in [1.54, 1.807) is 25.3 Å². The minimum absolute atomic E-state index is 0.141. The molecule has 1 aliphatic rings. The zero-order chi connectivity index (χ0) is 15.0. The molecule has 3 rings (SSSR count). The molecule has 4 nitrogen and oxygen atoms in total. The molecule has 6 heteroatoms. The molecule has 0 saturated heterocycles. The highest BCUT2D eigenvalue weighted by Crippen LogP contribution is 2.42. The first-order valence-electron chi connectivity index (χ1n) is 6.70. The monoisotopic (exact) mass is 322 g/mol. The molecule has 0 atom stereocenters. The normalized spacial score (nSPS) is 14.0. The molecule has 1 saturated carbocycles. The predicted molar refractivity (Wildman–Crippen MR) is 84.8 cm³/mol. The molecule has 0 aliphatic heterocycles. The summed E-state index contributed by atoms with van der Waals surface area (Å²) >= 11 is 7.55. The summed E-state index contributed by atoms with van der Waals surface area (Å²) in [5.41, 5.74) is 1.44. The van der Waals surface area contributed by atoms with Gasteiger partial charge in [0, 0.05) is 11.6 Å². The summed E-state index contributed by atoms with van der Waals surface area (Å²) in [5.74, 6) is 1.00. The van der Waals surface area contributed by atoms with Crippen molar-refractivity contribution in [3.8, 4) is 5.75 Å². The van der Waals surface area contributed by atoms with Gasteiger partial charge in [0.25, 0.3) is 5.91 Å². The highest BCUT2D eigenvalue weighted by molar-refractivity contribution is 7.14.